The van der Waals surface area contributed by atoms with Crippen molar-refractivity contribution in [2.75, 3.05) is 46.2 Å². The minimum Gasteiger partial charge on any atom is -0.394 e. The fraction of sp³-hybridized carbons (Fsp3) is 1.00. The highest BCUT2D eigenvalue weighted by atomic mass is 16.8. The van der Waals surface area contributed by atoms with Gasteiger partial charge < -0.3 is 169 Å². The number of aliphatic hydroxyl groups is 21. The van der Waals surface area contributed by atoms with Gasteiger partial charge in [0.25, 0.3) is 0 Å². The van der Waals surface area contributed by atoms with E-state index in [1.54, 1.807) is 0 Å². The molecule has 0 radical (unpaired) electrons. The van der Waals surface area contributed by atoms with E-state index in [-0.39, 0.29) is 0 Å². The Balaban J connectivity index is 1.11. The SMILES string of the molecule is OC[C@H]1O[C@@H](O[C@H]2[C@H](O)[C@@H](O)[C@H](O[C@H]3[C@H](O)[C@@H](O)[C@H](O[C@H]4[C@H](O)[C@@H](O)[C@H](O[C@H]5[C@H](O)[C@@H](O)C(O)O[C@@H]5CO)O[C@@H]4CO)O[C@@H]3CO[C@H]3OC[C@@H](O)[C@H](O)[C@H]3O)O[C@@H]2CO[C@H]2OC[C@@H](O)[C@H](O)[C@H]2O)[C@H](O)[C@@H](O)[C@@H]1O. The molecule has 74 heavy (non-hydrogen) atoms. The Morgan fingerprint density at radius 2 is 0.581 bits per heavy atom. The summed E-state index contributed by atoms with van der Waals surface area (Å²) in [5.74, 6) is 0. The van der Waals surface area contributed by atoms with Gasteiger partial charge in [-0.1, -0.05) is 0 Å². The Morgan fingerprint density at radius 3 is 0.959 bits per heavy atom. The van der Waals surface area contributed by atoms with Gasteiger partial charge in [0.05, 0.1) is 46.2 Å². The maximum absolute atomic E-state index is 11.7. The lowest BCUT2D eigenvalue weighted by Crippen LogP contribution is -2.68. The number of hydrogen-bond acceptors (Lipinski definition) is 34. The van der Waals surface area contributed by atoms with E-state index in [0.29, 0.717) is 0 Å². The van der Waals surface area contributed by atoms with E-state index < -0.39 is 249 Å². The molecule has 34 heteroatoms. The van der Waals surface area contributed by atoms with Crippen LogP contribution in [-0.4, -0.2) is 356 Å². The van der Waals surface area contributed by atoms with E-state index in [1.165, 1.54) is 0 Å². The summed E-state index contributed by atoms with van der Waals surface area (Å²) in [6.45, 7) is -5.70. The van der Waals surface area contributed by atoms with Crippen LogP contribution in [0.5, 0.6) is 0 Å². The summed E-state index contributed by atoms with van der Waals surface area (Å²) in [6.07, 6.45) is -63.4. The molecule has 432 valence electrons. The van der Waals surface area contributed by atoms with E-state index in [4.69, 9.17) is 61.6 Å². The van der Waals surface area contributed by atoms with Gasteiger partial charge in [-0.05, 0) is 0 Å². The molecule has 7 aliphatic heterocycles. The van der Waals surface area contributed by atoms with Gasteiger partial charge in [0, 0.05) is 0 Å². The third kappa shape index (κ3) is 12.6. The topological polar surface area (TPSA) is 545 Å². The molecular weight excluding hydrogens is 1020 g/mol. The lowest BCUT2D eigenvalue weighted by atomic mass is 9.95. The molecule has 7 heterocycles. The largest absolute Gasteiger partial charge is 0.394 e. The van der Waals surface area contributed by atoms with Crippen LogP contribution in [0.1, 0.15) is 0 Å². The Hall–Kier alpha value is -1.36. The summed E-state index contributed by atoms with van der Waals surface area (Å²) >= 11 is 0. The van der Waals surface area contributed by atoms with Crippen LogP contribution in [0.15, 0.2) is 0 Å². The summed E-state index contributed by atoms with van der Waals surface area (Å²) in [7, 11) is 0. The average Bonchev–Trinajstić information content (AvgIpc) is 3.38. The molecule has 7 aliphatic rings. The summed E-state index contributed by atoms with van der Waals surface area (Å²) in [5.41, 5.74) is 0. The minimum atomic E-state index is -2.30. The van der Waals surface area contributed by atoms with Crippen molar-refractivity contribution in [2.24, 2.45) is 0 Å². The van der Waals surface area contributed by atoms with E-state index in [2.05, 4.69) is 0 Å². The van der Waals surface area contributed by atoms with Gasteiger partial charge in [-0.25, -0.2) is 0 Å². The molecule has 0 aromatic heterocycles. The molecule has 34 nitrogen and oxygen atoms in total. The van der Waals surface area contributed by atoms with Crippen molar-refractivity contribution < 1.29 is 169 Å². The van der Waals surface area contributed by atoms with Crippen LogP contribution in [0.25, 0.3) is 0 Å². The molecule has 33 atom stereocenters. The minimum absolute atomic E-state index is 0.543. The molecule has 0 saturated carbocycles. The first-order valence-electron chi connectivity index (χ1n) is 23.5. The summed E-state index contributed by atoms with van der Waals surface area (Å²) in [4.78, 5) is 0. The predicted molar refractivity (Wildman–Crippen MR) is 220 cm³/mol. The van der Waals surface area contributed by atoms with E-state index in [1.807, 2.05) is 0 Å². The number of aliphatic hydroxyl groups excluding tert-OH is 21. The van der Waals surface area contributed by atoms with Crippen LogP contribution < -0.4 is 0 Å². The highest BCUT2D eigenvalue weighted by Crippen LogP contribution is 2.36. The van der Waals surface area contributed by atoms with Gasteiger partial charge in [0.2, 0.25) is 0 Å². The molecule has 0 spiro atoms. The molecule has 0 amide bonds. The lowest BCUT2D eigenvalue weighted by Gasteiger charge is -2.50. The highest BCUT2D eigenvalue weighted by molar-refractivity contribution is 5.00. The van der Waals surface area contributed by atoms with Crippen LogP contribution in [0.3, 0.4) is 0 Å². The first-order chi connectivity index (χ1) is 35.0. The van der Waals surface area contributed by atoms with Crippen LogP contribution in [0.2, 0.25) is 0 Å². The normalized spacial score (nSPS) is 53.7. The number of rotatable bonds is 17. The molecular formula is C40H68O34. The lowest BCUT2D eigenvalue weighted by molar-refractivity contribution is -0.397. The van der Waals surface area contributed by atoms with Crippen LogP contribution in [0, 0.1) is 0 Å². The smallest absolute Gasteiger partial charge is 0.187 e. The highest BCUT2D eigenvalue weighted by Gasteiger charge is 2.57. The van der Waals surface area contributed by atoms with Crippen molar-refractivity contribution in [3.63, 3.8) is 0 Å². The monoisotopic (exact) mass is 1090 g/mol. The zero-order valence-corrected chi connectivity index (χ0v) is 38.7. The van der Waals surface area contributed by atoms with Crippen molar-refractivity contribution >= 4 is 0 Å². The average molecular weight is 1090 g/mol. The zero-order valence-electron chi connectivity index (χ0n) is 38.7. The molecule has 7 rings (SSSR count). The molecule has 21 N–H and O–H groups in total. The third-order valence-electron chi connectivity index (χ3n) is 13.7. The first kappa shape index (κ1) is 60.3. The van der Waals surface area contributed by atoms with E-state index >= 15 is 0 Å². The van der Waals surface area contributed by atoms with Gasteiger partial charge in [-0.2, -0.15) is 0 Å². The fourth-order valence-electron chi connectivity index (χ4n) is 9.24. The van der Waals surface area contributed by atoms with Gasteiger partial charge in [-0.3, -0.25) is 0 Å². The van der Waals surface area contributed by atoms with Gasteiger partial charge >= 0.3 is 0 Å². The molecule has 0 bridgehead atoms. The zero-order chi connectivity index (χ0) is 54.2. The second-order valence-corrected chi connectivity index (χ2v) is 18.8. The van der Waals surface area contributed by atoms with Gasteiger partial charge in [0.15, 0.2) is 44.0 Å². The molecule has 7 fully saturated rings. The summed E-state index contributed by atoms with van der Waals surface area (Å²) in [6, 6.07) is 0. The molecule has 1 unspecified atom stereocenters. The second-order valence-electron chi connectivity index (χ2n) is 18.8. The van der Waals surface area contributed by atoms with E-state index in [9.17, 15) is 107 Å². The first-order valence-corrected chi connectivity index (χ1v) is 23.5. The maximum atomic E-state index is 11.7. The third-order valence-corrected chi connectivity index (χ3v) is 13.7. The Morgan fingerprint density at radius 1 is 0.284 bits per heavy atom. The second kappa shape index (κ2) is 25.8. The maximum Gasteiger partial charge on any atom is 0.187 e. The Labute approximate surface area is 417 Å². The molecule has 0 aromatic rings. The molecule has 0 aliphatic carbocycles. The summed E-state index contributed by atoms with van der Waals surface area (Å²) < 4.78 is 72.8. The van der Waals surface area contributed by atoms with Crippen molar-refractivity contribution in [3.8, 4) is 0 Å². The van der Waals surface area contributed by atoms with Crippen molar-refractivity contribution in [1.29, 1.82) is 0 Å². The summed E-state index contributed by atoms with van der Waals surface area (Å²) in [5, 5.41) is 222. The van der Waals surface area contributed by atoms with Crippen molar-refractivity contribution in [1.82, 2.24) is 0 Å². The van der Waals surface area contributed by atoms with Crippen LogP contribution >= 0.6 is 0 Å². The number of hydrogen-bond donors (Lipinski definition) is 21. The Kier molecular flexibility index (Phi) is 21.0. The fourth-order valence-corrected chi connectivity index (χ4v) is 9.24. The standard InChI is InChI=1S/C40H68O34/c41-1-10-17(48)18(49)26(57)37(67-10)73-32-13(6-64-35-24(55)15(46)8(44)4-62-35)70-40(29(60)22(32)53)74-33-14(7-65-36-25(56)16(47)9(45)5-63-36)69-39(28(59)21(33)52)72-31-12(3-43)68-38(27(58)20(31)51)71-30-11(2-42)66-34(61)23(54)19(30)50/h8-61H,1-7H2/t8-,9-,10-,11-,12-,13-,14-,15+,16+,17-,18+,19-,20-,21-,22-,23-,24-,25-,26-,27-,28-,29-,30-,31-,32-,33-,34?,35-,36-,37+,38+,39+,40+/m1/s1. The Bertz CT molecular complexity index is 1710. The van der Waals surface area contributed by atoms with Crippen molar-refractivity contribution in [2.45, 2.75) is 203 Å². The predicted octanol–water partition coefficient (Wildman–Crippen LogP) is -15.0. The number of ether oxygens (including phenoxy) is 13. The van der Waals surface area contributed by atoms with Crippen LogP contribution in [-0.2, 0) is 61.6 Å². The van der Waals surface area contributed by atoms with Crippen molar-refractivity contribution in [3.05, 3.63) is 0 Å². The van der Waals surface area contributed by atoms with Gasteiger partial charge in [0.1, 0.15) is 159 Å². The molecule has 7 saturated heterocycles. The molecule has 0 aromatic carbocycles. The quantitative estimate of drug-likeness (QED) is 0.0643. The van der Waals surface area contributed by atoms with E-state index in [0.717, 1.165) is 0 Å². The van der Waals surface area contributed by atoms with Crippen LogP contribution in [0.4, 0.5) is 0 Å². The van der Waals surface area contributed by atoms with Gasteiger partial charge in [-0.15, -0.1) is 0 Å².